The molecule has 1 unspecified atom stereocenters. The number of ketones is 1. The van der Waals surface area contributed by atoms with Gasteiger partial charge in [0.05, 0.1) is 6.10 Å². The topological polar surface area (TPSA) is 64.3 Å². The summed E-state index contributed by atoms with van der Waals surface area (Å²) in [6, 6.07) is 5.49. The lowest BCUT2D eigenvalue weighted by molar-refractivity contribution is 0.0134. The van der Waals surface area contributed by atoms with Gasteiger partial charge in [0.15, 0.2) is 5.78 Å². The smallest absolute Gasteiger partial charge is 0.161 e. The first-order chi connectivity index (χ1) is 9.16. The highest BCUT2D eigenvalue weighted by molar-refractivity contribution is 5.99. The van der Waals surface area contributed by atoms with Crippen LogP contribution in [0.1, 0.15) is 43.0 Å². The van der Waals surface area contributed by atoms with Crippen LogP contribution in [0.4, 0.5) is 11.4 Å². The minimum atomic E-state index is -0.000319. The lowest BCUT2D eigenvalue weighted by Crippen LogP contribution is -2.22. The van der Waals surface area contributed by atoms with Crippen molar-refractivity contribution in [3.63, 3.8) is 0 Å². The molecule has 4 heteroatoms. The van der Waals surface area contributed by atoms with E-state index in [1.54, 1.807) is 6.07 Å². The van der Waals surface area contributed by atoms with Gasteiger partial charge in [-0.1, -0.05) is 0 Å². The van der Waals surface area contributed by atoms with E-state index in [-0.39, 0.29) is 5.78 Å². The lowest BCUT2D eigenvalue weighted by atomic mass is 10.1. The van der Waals surface area contributed by atoms with Gasteiger partial charge in [-0.05, 0) is 50.8 Å². The zero-order valence-corrected chi connectivity index (χ0v) is 11.4. The van der Waals surface area contributed by atoms with Gasteiger partial charge in [-0.2, -0.15) is 0 Å². The molecule has 4 nitrogen and oxygen atoms in total. The Balaban J connectivity index is 1.82. The number of rotatable bonds is 5. The highest BCUT2D eigenvalue weighted by Crippen LogP contribution is 2.19. The highest BCUT2D eigenvalue weighted by atomic mass is 16.5. The van der Waals surface area contributed by atoms with Crippen molar-refractivity contribution in [2.24, 2.45) is 0 Å². The van der Waals surface area contributed by atoms with Crippen molar-refractivity contribution in [2.45, 2.75) is 38.7 Å². The summed E-state index contributed by atoms with van der Waals surface area (Å²) in [6.07, 6.45) is 5.01. The Kier molecular flexibility index (Phi) is 4.80. The predicted octanol–water partition coefficient (Wildman–Crippen LogP) is 2.84. The molecular weight excluding hydrogens is 240 g/mol. The molecule has 19 heavy (non-hydrogen) atoms. The van der Waals surface area contributed by atoms with Crippen molar-refractivity contribution < 1.29 is 9.53 Å². The molecule has 0 amide bonds. The monoisotopic (exact) mass is 262 g/mol. The maximum atomic E-state index is 11.3. The summed E-state index contributed by atoms with van der Waals surface area (Å²) in [5.41, 5.74) is 7.93. The molecule has 0 radical (unpaired) electrons. The van der Waals surface area contributed by atoms with E-state index in [4.69, 9.17) is 10.5 Å². The van der Waals surface area contributed by atoms with E-state index in [0.717, 1.165) is 31.7 Å². The third kappa shape index (κ3) is 3.96. The fourth-order valence-corrected chi connectivity index (χ4v) is 2.41. The summed E-state index contributed by atoms with van der Waals surface area (Å²) in [5, 5.41) is 3.33. The number of ether oxygens (including phenoxy) is 1. The number of hydrogen-bond donors (Lipinski definition) is 2. The Bertz CT molecular complexity index is 440. The molecule has 1 heterocycles. The molecule has 1 aromatic carbocycles. The molecule has 1 aromatic rings. The SMILES string of the molecule is CC(=O)c1ccc(NCCC2CCCCO2)cc1N. The van der Waals surface area contributed by atoms with Crippen molar-refractivity contribution in [1.29, 1.82) is 0 Å². The molecule has 1 saturated heterocycles. The van der Waals surface area contributed by atoms with Crippen molar-refractivity contribution in [3.05, 3.63) is 23.8 Å². The summed E-state index contributed by atoms with van der Waals surface area (Å²) in [7, 11) is 0. The Morgan fingerprint density at radius 3 is 2.95 bits per heavy atom. The number of anilines is 2. The first kappa shape index (κ1) is 13.9. The zero-order chi connectivity index (χ0) is 13.7. The van der Waals surface area contributed by atoms with Crippen molar-refractivity contribution in [2.75, 3.05) is 24.2 Å². The van der Waals surface area contributed by atoms with Crippen LogP contribution in [0.2, 0.25) is 0 Å². The zero-order valence-electron chi connectivity index (χ0n) is 11.4. The minimum Gasteiger partial charge on any atom is -0.398 e. The van der Waals surface area contributed by atoms with Gasteiger partial charge in [0.25, 0.3) is 0 Å². The number of carbonyl (C=O) groups is 1. The van der Waals surface area contributed by atoms with Gasteiger partial charge < -0.3 is 15.8 Å². The van der Waals surface area contributed by atoms with E-state index in [0.29, 0.717) is 17.4 Å². The highest BCUT2D eigenvalue weighted by Gasteiger charge is 2.13. The molecule has 0 spiro atoms. The Hall–Kier alpha value is -1.55. The average Bonchev–Trinajstić information content (AvgIpc) is 2.39. The standard InChI is InChI=1S/C15H22N2O2/c1-11(18)14-6-5-12(10-15(14)16)17-8-7-13-4-2-3-9-19-13/h5-6,10,13,17H,2-4,7-9,16H2,1H3. The van der Waals surface area contributed by atoms with Crippen LogP contribution in [0.3, 0.4) is 0 Å². The maximum Gasteiger partial charge on any atom is 0.161 e. The normalized spacial score (nSPS) is 19.1. The molecule has 2 rings (SSSR count). The Morgan fingerprint density at radius 1 is 1.47 bits per heavy atom. The minimum absolute atomic E-state index is 0.000319. The molecule has 1 aliphatic rings. The summed E-state index contributed by atoms with van der Waals surface area (Å²) in [5.74, 6) is -0.000319. The number of hydrogen-bond acceptors (Lipinski definition) is 4. The number of Topliss-reactive ketones (excluding diaryl/α,β-unsaturated/α-hetero) is 1. The molecule has 1 fully saturated rings. The van der Waals surface area contributed by atoms with Gasteiger partial charge >= 0.3 is 0 Å². The van der Waals surface area contributed by atoms with Crippen LogP contribution in [0.15, 0.2) is 18.2 Å². The van der Waals surface area contributed by atoms with Gasteiger partial charge in [0, 0.05) is 30.1 Å². The first-order valence-corrected chi connectivity index (χ1v) is 6.93. The van der Waals surface area contributed by atoms with Gasteiger partial charge in [0.1, 0.15) is 0 Å². The number of nitrogens with two attached hydrogens (primary N) is 1. The molecule has 104 valence electrons. The van der Waals surface area contributed by atoms with Crippen LogP contribution in [0.5, 0.6) is 0 Å². The average molecular weight is 262 g/mol. The second-order valence-corrected chi connectivity index (χ2v) is 5.06. The van der Waals surface area contributed by atoms with Gasteiger partial charge in [0.2, 0.25) is 0 Å². The first-order valence-electron chi connectivity index (χ1n) is 6.93. The molecule has 0 bridgehead atoms. The van der Waals surface area contributed by atoms with Crippen LogP contribution in [-0.4, -0.2) is 25.0 Å². The van der Waals surface area contributed by atoms with Gasteiger partial charge in [-0.3, -0.25) is 4.79 Å². The molecule has 1 aliphatic heterocycles. The third-order valence-electron chi connectivity index (χ3n) is 3.50. The summed E-state index contributed by atoms with van der Waals surface area (Å²) in [6.45, 7) is 3.29. The van der Waals surface area contributed by atoms with Crippen LogP contribution in [0, 0.1) is 0 Å². The maximum absolute atomic E-state index is 11.3. The van der Waals surface area contributed by atoms with Crippen LogP contribution in [-0.2, 0) is 4.74 Å². The largest absolute Gasteiger partial charge is 0.398 e. The Labute approximate surface area is 114 Å². The molecule has 1 atom stereocenters. The van der Waals surface area contributed by atoms with Gasteiger partial charge in [-0.15, -0.1) is 0 Å². The van der Waals surface area contributed by atoms with Gasteiger partial charge in [-0.25, -0.2) is 0 Å². The summed E-state index contributed by atoms with van der Waals surface area (Å²) >= 11 is 0. The number of nitrogens with one attached hydrogen (secondary N) is 1. The molecule has 3 N–H and O–H groups in total. The van der Waals surface area contributed by atoms with E-state index in [1.807, 2.05) is 12.1 Å². The Morgan fingerprint density at radius 2 is 2.32 bits per heavy atom. The molecule has 0 aliphatic carbocycles. The number of benzene rings is 1. The van der Waals surface area contributed by atoms with E-state index < -0.39 is 0 Å². The van der Waals surface area contributed by atoms with Crippen LogP contribution in [0.25, 0.3) is 0 Å². The number of nitrogen functional groups attached to an aromatic ring is 1. The predicted molar refractivity (Wildman–Crippen MR) is 77.6 cm³/mol. The van der Waals surface area contributed by atoms with Crippen molar-refractivity contribution in [3.8, 4) is 0 Å². The third-order valence-corrected chi connectivity index (χ3v) is 3.50. The fourth-order valence-electron chi connectivity index (χ4n) is 2.41. The summed E-state index contributed by atoms with van der Waals surface area (Å²) in [4.78, 5) is 11.3. The second-order valence-electron chi connectivity index (χ2n) is 5.06. The second kappa shape index (κ2) is 6.57. The van der Waals surface area contributed by atoms with E-state index >= 15 is 0 Å². The van der Waals surface area contributed by atoms with E-state index in [9.17, 15) is 4.79 Å². The molecule has 0 aromatic heterocycles. The summed E-state index contributed by atoms with van der Waals surface area (Å²) < 4.78 is 5.68. The van der Waals surface area contributed by atoms with Crippen molar-refractivity contribution >= 4 is 17.2 Å². The number of carbonyl (C=O) groups excluding carboxylic acids is 1. The van der Waals surface area contributed by atoms with Crippen LogP contribution < -0.4 is 11.1 Å². The van der Waals surface area contributed by atoms with Crippen molar-refractivity contribution in [1.82, 2.24) is 0 Å². The lowest BCUT2D eigenvalue weighted by Gasteiger charge is -2.22. The molecule has 0 saturated carbocycles. The molecular formula is C15H22N2O2. The fraction of sp³-hybridized carbons (Fsp3) is 0.533. The van der Waals surface area contributed by atoms with Crippen LogP contribution >= 0.6 is 0 Å². The van der Waals surface area contributed by atoms with E-state index in [1.165, 1.54) is 19.8 Å². The van der Waals surface area contributed by atoms with E-state index in [2.05, 4.69) is 5.32 Å². The quantitative estimate of drug-likeness (QED) is 0.632.